The molecule has 0 aromatic heterocycles. The van der Waals surface area contributed by atoms with Gasteiger partial charge < -0.3 is 28.8 Å². The molecule has 0 rings (SSSR count). The average molecular weight is 1100 g/mol. The summed E-state index contributed by atoms with van der Waals surface area (Å²) in [4.78, 5) is 25.6. The minimum absolute atomic E-state index is 0.0107. The van der Waals surface area contributed by atoms with Crippen LogP contribution < -0.4 is 10.2 Å². The zero-order valence-corrected chi connectivity index (χ0v) is 52.8. The summed E-state index contributed by atoms with van der Waals surface area (Å²) in [6, 6.07) is -0.806. The topological polar surface area (TPSA) is 108 Å². The summed E-state index contributed by atoms with van der Waals surface area (Å²) >= 11 is 0. The highest BCUT2D eigenvalue weighted by atomic mass is 31.2. The zero-order chi connectivity index (χ0) is 56.3. The van der Waals surface area contributed by atoms with Gasteiger partial charge in [0.2, 0.25) is 5.91 Å². The molecule has 0 heterocycles. The highest BCUT2D eigenvalue weighted by Crippen LogP contribution is 2.38. The maximum atomic E-state index is 13.0. The maximum absolute atomic E-state index is 13.0. The van der Waals surface area contributed by atoms with E-state index in [0.717, 1.165) is 64.2 Å². The lowest BCUT2D eigenvalue weighted by Crippen LogP contribution is -2.46. The average Bonchev–Trinajstić information content (AvgIpc) is 3.39. The lowest BCUT2D eigenvalue weighted by molar-refractivity contribution is -0.870. The van der Waals surface area contributed by atoms with Gasteiger partial charge in [-0.05, 0) is 51.4 Å². The number of quaternary nitrogens is 1. The van der Waals surface area contributed by atoms with Gasteiger partial charge in [0.25, 0.3) is 7.82 Å². The normalized spacial score (nSPS) is 14.0. The molecular weight excluding hydrogens is 972 g/mol. The van der Waals surface area contributed by atoms with Crippen molar-refractivity contribution in [2.75, 3.05) is 40.9 Å². The van der Waals surface area contributed by atoms with E-state index < -0.39 is 20.0 Å². The molecule has 454 valence electrons. The van der Waals surface area contributed by atoms with E-state index in [1.165, 1.54) is 238 Å². The van der Waals surface area contributed by atoms with E-state index in [1.807, 2.05) is 21.1 Å². The molecule has 0 aromatic rings. The quantitative estimate of drug-likeness (QED) is 0.0272. The molecule has 3 unspecified atom stereocenters. The second-order valence-electron chi connectivity index (χ2n) is 24.2. The van der Waals surface area contributed by atoms with Gasteiger partial charge in [-0.3, -0.25) is 9.36 Å². The van der Waals surface area contributed by atoms with E-state index in [9.17, 15) is 19.4 Å². The second-order valence-corrected chi connectivity index (χ2v) is 25.6. The Labute approximate surface area is 479 Å². The number of allylic oxidation sites excluding steroid dienone is 8. The van der Waals surface area contributed by atoms with Crippen molar-refractivity contribution in [2.24, 2.45) is 0 Å². The fourth-order valence-corrected chi connectivity index (χ4v) is 10.9. The van der Waals surface area contributed by atoms with Crippen molar-refractivity contribution >= 4 is 13.7 Å². The lowest BCUT2D eigenvalue weighted by Gasteiger charge is -2.30. The molecule has 0 bridgehead atoms. The molecule has 8 nitrogen and oxygen atoms in total. The summed E-state index contributed by atoms with van der Waals surface area (Å²) < 4.78 is 23.5. The molecule has 9 heteroatoms. The van der Waals surface area contributed by atoms with Crippen LogP contribution in [0.1, 0.15) is 328 Å². The summed E-state index contributed by atoms with van der Waals surface area (Å²) in [5.41, 5.74) is 0. The molecular formula is C68H131N2O6P. The fraction of sp³-hybridized carbons (Fsp3) is 0.868. The summed E-state index contributed by atoms with van der Waals surface area (Å²) in [7, 11) is 1.31. The molecule has 2 N–H and O–H groups in total. The van der Waals surface area contributed by atoms with Gasteiger partial charge in [-0.1, -0.05) is 319 Å². The monoisotopic (exact) mass is 1100 g/mol. The molecule has 0 aromatic carbocycles. The lowest BCUT2D eigenvalue weighted by atomic mass is 10.0. The largest absolute Gasteiger partial charge is 0.756 e. The minimum atomic E-state index is -4.58. The number of phosphoric acid groups is 1. The molecule has 0 fully saturated rings. The van der Waals surface area contributed by atoms with E-state index in [1.54, 1.807) is 0 Å². The number of aliphatic hydroxyl groups is 1. The van der Waals surface area contributed by atoms with E-state index in [4.69, 9.17) is 9.05 Å². The Morgan fingerprint density at radius 2 is 0.792 bits per heavy atom. The van der Waals surface area contributed by atoms with Crippen molar-refractivity contribution in [3.8, 4) is 0 Å². The molecule has 0 aliphatic carbocycles. The van der Waals surface area contributed by atoms with Crippen LogP contribution >= 0.6 is 7.82 Å². The standard InChI is InChI=1S/C68H131N2O6P/c1-6-8-10-12-14-16-18-20-22-24-26-28-30-31-32-33-34-35-36-37-38-40-41-43-45-47-49-51-53-55-57-59-61-67(71)66(65-76-77(73,74)75-64-63-70(3,4)5)69-68(72)62-60-58-56-54-52-50-48-46-44-42-39-29-27-25-23-21-19-17-15-13-11-9-7-2/h9,11,15,17,21,23,27,29,66-67,71H,6-8,10,12-14,16,18-20,22,24-26,28,30-65H2,1-5H3,(H-,69,72,73,74)/b11-9-,17-15-,23-21-,29-27-. The Bertz CT molecular complexity index is 1390. The molecule has 3 atom stereocenters. The molecule has 1 amide bonds. The summed E-state index contributed by atoms with van der Waals surface area (Å²) in [6.07, 6.45) is 78.9. The number of nitrogens with one attached hydrogen (secondary N) is 1. The highest BCUT2D eigenvalue weighted by Gasteiger charge is 2.24. The van der Waals surface area contributed by atoms with Crippen molar-refractivity contribution in [1.82, 2.24) is 5.32 Å². The van der Waals surface area contributed by atoms with Crippen LogP contribution in [0.2, 0.25) is 0 Å². The summed E-state index contributed by atoms with van der Waals surface area (Å²) in [5.74, 6) is -0.166. The molecule has 0 aliphatic heterocycles. The van der Waals surface area contributed by atoms with Crippen LogP contribution in [0.3, 0.4) is 0 Å². The molecule has 77 heavy (non-hydrogen) atoms. The predicted octanol–water partition coefficient (Wildman–Crippen LogP) is 20.4. The summed E-state index contributed by atoms with van der Waals surface area (Å²) in [6.45, 7) is 4.65. The number of unbranched alkanes of at least 4 members (excludes halogenated alkanes) is 41. The zero-order valence-electron chi connectivity index (χ0n) is 51.9. The minimum Gasteiger partial charge on any atom is -0.756 e. The molecule has 0 radical (unpaired) electrons. The molecule has 0 saturated heterocycles. The van der Waals surface area contributed by atoms with Crippen molar-refractivity contribution in [1.29, 1.82) is 0 Å². The molecule has 0 aliphatic rings. The number of aliphatic hydroxyl groups excluding tert-OH is 1. The molecule has 0 saturated carbocycles. The van der Waals surface area contributed by atoms with Crippen LogP contribution in [0.5, 0.6) is 0 Å². The number of carbonyl (C=O) groups excluding carboxylic acids is 1. The van der Waals surface area contributed by atoms with Crippen LogP contribution in [-0.2, 0) is 18.4 Å². The Morgan fingerprint density at radius 1 is 0.468 bits per heavy atom. The number of rotatable bonds is 62. The van der Waals surface area contributed by atoms with Crippen LogP contribution in [0, 0.1) is 0 Å². The number of amides is 1. The Morgan fingerprint density at radius 3 is 1.16 bits per heavy atom. The van der Waals surface area contributed by atoms with E-state index >= 15 is 0 Å². The predicted molar refractivity (Wildman–Crippen MR) is 334 cm³/mol. The van der Waals surface area contributed by atoms with Crippen molar-refractivity contribution in [3.63, 3.8) is 0 Å². The first-order chi connectivity index (χ1) is 37.5. The number of phosphoric ester groups is 1. The van der Waals surface area contributed by atoms with Gasteiger partial charge in [-0.15, -0.1) is 0 Å². The Hall–Kier alpha value is -1.54. The Balaban J connectivity index is 4.03. The first kappa shape index (κ1) is 75.5. The van der Waals surface area contributed by atoms with E-state index in [-0.39, 0.29) is 19.1 Å². The highest BCUT2D eigenvalue weighted by molar-refractivity contribution is 7.45. The van der Waals surface area contributed by atoms with Gasteiger partial charge in [0.15, 0.2) is 0 Å². The number of nitrogens with zero attached hydrogens (tertiary/aromatic N) is 1. The van der Waals surface area contributed by atoms with Gasteiger partial charge in [0.1, 0.15) is 13.2 Å². The number of likely N-dealkylation sites (N-methyl/N-ethyl adjacent to an activating group) is 1. The Kier molecular flexibility index (Phi) is 57.9. The van der Waals surface area contributed by atoms with Crippen molar-refractivity contribution in [3.05, 3.63) is 48.6 Å². The third-order valence-electron chi connectivity index (χ3n) is 15.3. The van der Waals surface area contributed by atoms with Crippen LogP contribution in [0.15, 0.2) is 48.6 Å². The van der Waals surface area contributed by atoms with Gasteiger partial charge in [-0.25, -0.2) is 0 Å². The van der Waals surface area contributed by atoms with Gasteiger partial charge in [0.05, 0.1) is 39.9 Å². The SMILES string of the molecule is CC/C=C\C/C=C\C/C=C\C/C=C\CCCCCCCCCCCCC(=O)NC(COP(=O)([O-])OCC[N+](C)(C)C)C(O)CCCCCCCCCCCCCCCCCCCCCCCCCCCCCCCCCC. The van der Waals surface area contributed by atoms with E-state index in [2.05, 4.69) is 67.8 Å². The second kappa shape index (κ2) is 59.1. The third-order valence-corrected chi connectivity index (χ3v) is 16.3. The van der Waals surface area contributed by atoms with Gasteiger partial charge in [-0.2, -0.15) is 0 Å². The maximum Gasteiger partial charge on any atom is 0.268 e. The number of hydrogen-bond acceptors (Lipinski definition) is 6. The van der Waals surface area contributed by atoms with Crippen LogP contribution in [0.25, 0.3) is 0 Å². The first-order valence-corrected chi connectivity index (χ1v) is 34.9. The van der Waals surface area contributed by atoms with Gasteiger partial charge >= 0.3 is 0 Å². The third kappa shape index (κ3) is 61.9. The van der Waals surface area contributed by atoms with Crippen molar-refractivity contribution < 1.29 is 32.9 Å². The number of carbonyl (C=O) groups is 1. The number of hydrogen-bond donors (Lipinski definition) is 2. The van der Waals surface area contributed by atoms with Gasteiger partial charge in [0, 0.05) is 6.42 Å². The van der Waals surface area contributed by atoms with E-state index in [0.29, 0.717) is 23.9 Å². The molecule has 0 spiro atoms. The smallest absolute Gasteiger partial charge is 0.268 e. The summed E-state index contributed by atoms with van der Waals surface area (Å²) in [5, 5.41) is 14.1. The van der Waals surface area contributed by atoms with Crippen LogP contribution in [0.4, 0.5) is 0 Å². The first-order valence-electron chi connectivity index (χ1n) is 33.5. The van der Waals surface area contributed by atoms with Crippen LogP contribution in [-0.4, -0.2) is 68.5 Å². The van der Waals surface area contributed by atoms with Crippen molar-refractivity contribution in [2.45, 2.75) is 341 Å². The fourth-order valence-electron chi connectivity index (χ4n) is 10.2.